The summed E-state index contributed by atoms with van der Waals surface area (Å²) in [6, 6.07) is 6.09. The Bertz CT molecular complexity index is 927. The number of H-pyrrole nitrogens is 1. The van der Waals surface area contributed by atoms with Crippen molar-refractivity contribution in [3.05, 3.63) is 42.6 Å². The Labute approximate surface area is 155 Å². The van der Waals surface area contributed by atoms with Crippen molar-refractivity contribution in [3.8, 4) is 0 Å². The lowest BCUT2D eigenvalue weighted by Crippen LogP contribution is -2.47. The van der Waals surface area contributed by atoms with Crippen LogP contribution in [0.3, 0.4) is 0 Å². The molecule has 1 fully saturated rings. The van der Waals surface area contributed by atoms with Gasteiger partial charge in [0.15, 0.2) is 5.65 Å². The lowest BCUT2D eigenvalue weighted by Gasteiger charge is -2.33. The number of fused-ring (bicyclic) bond motifs is 1. The van der Waals surface area contributed by atoms with Crippen molar-refractivity contribution in [1.82, 2.24) is 25.1 Å². The first-order valence-corrected chi connectivity index (χ1v) is 8.87. The number of aromatic amines is 1. The highest BCUT2D eigenvalue weighted by Gasteiger charge is 2.24. The first kappa shape index (κ1) is 17.2. The zero-order valence-electron chi connectivity index (χ0n) is 14.7. The van der Waals surface area contributed by atoms with Gasteiger partial charge in [0.25, 0.3) is 0 Å². The summed E-state index contributed by atoms with van der Waals surface area (Å²) in [5.74, 6) is 0.438. The van der Waals surface area contributed by atoms with Crippen molar-refractivity contribution in [1.29, 1.82) is 0 Å². The third-order valence-electron chi connectivity index (χ3n) is 4.65. The molecule has 1 aliphatic heterocycles. The minimum atomic E-state index is -0.298. The molecule has 3 heterocycles. The number of likely N-dealkylation sites (tertiary alicyclic amines) is 1. The largest absolute Gasteiger partial charge is 0.376 e. The highest BCUT2D eigenvalue weighted by Crippen LogP contribution is 2.20. The summed E-state index contributed by atoms with van der Waals surface area (Å²) >= 11 is 0. The predicted octanol–water partition coefficient (Wildman–Crippen LogP) is 2.01. The van der Waals surface area contributed by atoms with E-state index in [1.807, 2.05) is 4.90 Å². The molecule has 1 amide bonds. The molecule has 3 aromatic rings. The van der Waals surface area contributed by atoms with Crippen molar-refractivity contribution in [2.45, 2.75) is 18.9 Å². The summed E-state index contributed by atoms with van der Waals surface area (Å²) in [6.07, 6.45) is 5.05. The van der Waals surface area contributed by atoms with Crippen LogP contribution in [0.1, 0.15) is 12.8 Å². The van der Waals surface area contributed by atoms with E-state index in [-0.39, 0.29) is 24.3 Å². The quantitative estimate of drug-likeness (QED) is 0.636. The summed E-state index contributed by atoms with van der Waals surface area (Å²) in [5, 5.41) is 14.1. The summed E-state index contributed by atoms with van der Waals surface area (Å²) in [7, 11) is 0. The second kappa shape index (κ2) is 7.56. The molecule has 1 atom stereocenters. The highest BCUT2D eigenvalue weighted by atomic mass is 19.1. The standard InChI is InChI=1S/C18H20FN7O/c19-12-3-5-13(6-4-12)20-9-16(27)26-7-1-2-14(10-26)24-17-15-8-23-25-18(15)22-11-21-17/h3-6,8,11,14,20H,1-2,7,9-10H2,(H2,21,22,23,24,25). The van der Waals surface area contributed by atoms with Gasteiger partial charge in [-0.3, -0.25) is 9.89 Å². The minimum Gasteiger partial charge on any atom is -0.376 e. The molecule has 0 bridgehead atoms. The maximum absolute atomic E-state index is 13.0. The van der Waals surface area contributed by atoms with E-state index in [2.05, 4.69) is 30.8 Å². The van der Waals surface area contributed by atoms with Crippen molar-refractivity contribution in [3.63, 3.8) is 0 Å². The number of nitrogens with zero attached hydrogens (tertiary/aromatic N) is 4. The van der Waals surface area contributed by atoms with Gasteiger partial charge in [-0.15, -0.1) is 0 Å². The van der Waals surface area contributed by atoms with Gasteiger partial charge in [0.05, 0.1) is 18.1 Å². The predicted molar refractivity (Wildman–Crippen MR) is 99.8 cm³/mol. The number of benzene rings is 1. The van der Waals surface area contributed by atoms with Crippen LogP contribution in [0.4, 0.5) is 15.9 Å². The first-order chi connectivity index (χ1) is 13.2. The zero-order chi connectivity index (χ0) is 18.6. The average Bonchev–Trinajstić information content (AvgIpc) is 3.17. The van der Waals surface area contributed by atoms with Crippen LogP contribution in [0.2, 0.25) is 0 Å². The fourth-order valence-electron chi connectivity index (χ4n) is 3.25. The van der Waals surface area contributed by atoms with E-state index >= 15 is 0 Å². The van der Waals surface area contributed by atoms with Crippen LogP contribution in [0.25, 0.3) is 11.0 Å². The van der Waals surface area contributed by atoms with Gasteiger partial charge in [-0.2, -0.15) is 5.10 Å². The molecule has 1 aliphatic rings. The molecule has 1 aromatic carbocycles. The Kier molecular flexibility index (Phi) is 4.82. The maximum atomic E-state index is 13.0. The van der Waals surface area contributed by atoms with E-state index in [0.29, 0.717) is 12.2 Å². The molecule has 140 valence electrons. The summed E-state index contributed by atoms with van der Waals surface area (Å²) in [6.45, 7) is 1.51. The number of amides is 1. The normalized spacial score (nSPS) is 17.1. The van der Waals surface area contributed by atoms with Gasteiger partial charge < -0.3 is 15.5 Å². The second-order valence-electron chi connectivity index (χ2n) is 6.54. The first-order valence-electron chi connectivity index (χ1n) is 8.87. The zero-order valence-corrected chi connectivity index (χ0v) is 14.7. The Morgan fingerprint density at radius 3 is 3.00 bits per heavy atom. The number of halogens is 1. The van der Waals surface area contributed by atoms with Crippen molar-refractivity contribution in [2.75, 3.05) is 30.3 Å². The highest BCUT2D eigenvalue weighted by molar-refractivity contribution is 5.85. The van der Waals surface area contributed by atoms with Gasteiger partial charge in [-0.1, -0.05) is 0 Å². The Morgan fingerprint density at radius 2 is 2.15 bits per heavy atom. The molecule has 8 nitrogen and oxygen atoms in total. The number of aromatic nitrogens is 4. The van der Waals surface area contributed by atoms with Gasteiger partial charge in [0, 0.05) is 24.8 Å². The van der Waals surface area contributed by atoms with E-state index < -0.39 is 0 Å². The van der Waals surface area contributed by atoms with Crippen molar-refractivity contribution >= 4 is 28.4 Å². The Hall–Kier alpha value is -3.23. The SMILES string of the molecule is O=C(CNc1ccc(F)cc1)N1CCCC(Nc2ncnc3[nH]ncc23)C1. The lowest BCUT2D eigenvalue weighted by atomic mass is 10.1. The molecule has 0 saturated carbocycles. The lowest BCUT2D eigenvalue weighted by molar-refractivity contribution is -0.130. The molecule has 3 N–H and O–H groups in total. The number of anilines is 2. The molecular weight excluding hydrogens is 349 g/mol. The van der Waals surface area contributed by atoms with Crippen molar-refractivity contribution < 1.29 is 9.18 Å². The number of carbonyl (C=O) groups is 1. The summed E-state index contributed by atoms with van der Waals surface area (Å²) in [5.41, 5.74) is 1.40. The molecule has 0 aliphatic carbocycles. The molecule has 1 unspecified atom stereocenters. The molecule has 1 saturated heterocycles. The number of rotatable bonds is 5. The summed E-state index contributed by atoms with van der Waals surface area (Å²) < 4.78 is 13.0. The van der Waals surface area contributed by atoms with E-state index in [1.54, 1.807) is 18.3 Å². The van der Waals surface area contributed by atoms with E-state index in [4.69, 9.17) is 0 Å². The van der Waals surface area contributed by atoms with Gasteiger partial charge in [-0.25, -0.2) is 14.4 Å². The van der Waals surface area contributed by atoms with Crippen LogP contribution in [0.15, 0.2) is 36.8 Å². The van der Waals surface area contributed by atoms with Crippen LogP contribution >= 0.6 is 0 Å². The molecule has 27 heavy (non-hydrogen) atoms. The van der Waals surface area contributed by atoms with Crippen LogP contribution in [-0.2, 0) is 4.79 Å². The van der Waals surface area contributed by atoms with Crippen LogP contribution < -0.4 is 10.6 Å². The van der Waals surface area contributed by atoms with Gasteiger partial charge >= 0.3 is 0 Å². The monoisotopic (exact) mass is 369 g/mol. The molecule has 9 heteroatoms. The topological polar surface area (TPSA) is 98.8 Å². The molecule has 0 spiro atoms. The average molecular weight is 369 g/mol. The van der Waals surface area contributed by atoms with Gasteiger partial charge in [0.2, 0.25) is 5.91 Å². The number of carbonyl (C=O) groups excluding carboxylic acids is 1. The second-order valence-corrected chi connectivity index (χ2v) is 6.54. The molecule has 2 aromatic heterocycles. The smallest absolute Gasteiger partial charge is 0.241 e. The number of nitrogens with one attached hydrogen (secondary N) is 3. The Balaban J connectivity index is 1.35. The fourth-order valence-corrected chi connectivity index (χ4v) is 3.25. The maximum Gasteiger partial charge on any atom is 0.241 e. The fraction of sp³-hybridized carbons (Fsp3) is 0.333. The molecular formula is C18H20FN7O. The number of hydrogen-bond acceptors (Lipinski definition) is 6. The molecule has 0 radical (unpaired) electrons. The minimum absolute atomic E-state index is 0.0157. The van der Waals surface area contributed by atoms with Crippen LogP contribution in [0.5, 0.6) is 0 Å². The van der Waals surface area contributed by atoms with E-state index in [0.717, 1.165) is 36.3 Å². The third kappa shape index (κ3) is 3.97. The van der Waals surface area contributed by atoms with Crippen LogP contribution in [-0.4, -0.2) is 56.6 Å². The van der Waals surface area contributed by atoms with Crippen molar-refractivity contribution in [2.24, 2.45) is 0 Å². The number of piperidine rings is 1. The summed E-state index contributed by atoms with van der Waals surface area (Å²) in [4.78, 5) is 22.8. The Morgan fingerprint density at radius 1 is 1.30 bits per heavy atom. The van der Waals surface area contributed by atoms with Crippen LogP contribution in [0, 0.1) is 5.82 Å². The van der Waals surface area contributed by atoms with Gasteiger partial charge in [-0.05, 0) is 37.1 Å². The number of hydrogen-bond donors (Lipinski definition) is 3. The van der Waals surface area contributed by atoms with E-state index in [9.17, 15) is 9.18 Å². The van der Waals surface area contributed by atoms with E-state index in [1.165, 1.54) is 18.5 Å². The van der Waals surface area contributed by atoms with Gasteiger partial charge in [0.1, 0.15) is 18.0 Å². The third-order valence-corrected chi connectivity index (χ3v) is 4.65. The molecule has 4 rings (SSSR count).